The molecule has 5 nitrogen and oxygen atoms in total. The first kappa shape index (κ1) is 20.8. The van der Waals surface area contributed by atoms with Crippen LogP contribution >= 0.6 is 0 Å². The van der Waals surface area contributed by atoms with E-state index in [0.717, 1.165) is 53.3 Å². The second-order valence-electron chi connectivity index (χ2n) is 9.27. The third kappa shape index (κ3) is 3.61. The molecule has 3 aromatic heterocycles. The number of aliphatic imine (C=N–C) groups is 1. The Morgan fingerprint density at radius 3 is 2.38 bits per heavy atom. The van der Waals surface area contributed by atoms with Crippen molar-refractivity contribution in [2.45, 2.75) is 38.6 Å². The van der Waals surface area contributed by atoms with Gasteiger partial charge in [-0.2, -0.15) is 0 Å². The second-order valence-corrected chi connectivity index (χ2v) is 9.27. The Kier molecular flexibility index (Phi) is 5.25. The van der Waals surface area contributed by atoms with Gasteiger partial charge in [0, 0.05) is 30.7 Å². The van der Waals surface area contributed by atoms with Crippen molar-refractivity contribution in [1.82, 2.24) is 19.1 Å². The van der Waals surface area contributed by atoms with Gasteiger partial charge in [-0.05, 0) is 67.6 Å². The van der Waals surface area contributed by atoms with E-state index in [1.807, 2.05) is 24.3 Å². The van der Waals surface area contributed by atoms with E-state index in [1.54, 1.807) is 0 Å². The lowest BCUT2D eigenvalue weighted by Gasteiger charge is -2.12. The Morgan fingerprint density at radius 1 is 0.765 bits per heavy atom. The molecule has 0 saturated heterocycles. The van der Waals surface area contributed by atoms with Crippen LogP contribution in [0.1, 0.15) is 37.7 Å². The summed E-state index contributed by atoms with van der Waals surface area (Å²) in [6, 6.07) is 23.2. The minimum Gasteiger partial charge on any atom is -0.342 e. The molecular weight excluding hydrogens is 418 g/mol. The van der Waals surface area contributed by atoms with Gasteiger partial charge in [0.2, 0.25) is 0 Å². The molecule has 2 aromatic carbocycles. The third-order valence-electron chi connectivity index (χ3n) is 7.11. The molecule has 170 valence electrons. The number of pyridine rings is 1. The van der Waals surface area contributed by atoms with Gasteiger partial charge < -0.3 is 9.13 Å². The molecule has 0 atom stereocenters. The average Bonchev–Trinajstić information content (AvgIpc) is 3.41. The molecule has 1 fully saturated rings. The second kappa shape index (κ2) is 8.56. The fourth-order valence-electron chi connectivity index (χ4n) is 5.20. The highest BCUT2D eigenvalue weighted by Gasteiger charge is 2.15. The van der Waals surface area contributed by atoms with Gasteiger partial charge in [0.1, 0.15) is 5.69 Å². The van der Waals surface area contributed by atoms with E-state index in [4.69, 9.17) is 15.0 Å². The molecule has 0 bridgehead atoms. The van der Waals surface area contributed by atoms with Gasteiger partial charge in [-0.3, -0.25) is 4.99 Å². The summed E-state index contributed by atoms with van der Waals surface area (Å²) in [7, 11) is 4.17. The Balaban J connectivity index is 1.40. The molecule has 1 saturated carbocycles. The van der Waals surface area contributed by atoms with Crippen molar-refractivity contribution in [2.75, 3.05) is 0 Å². The standard InChI is InChI=1S/C29H29N5/c1-33-26-17-8-10-20(19-30-21-11-4-3-5-12-21)22(26)18-28(33)24-14-9-15-25(31-24)29-32-23-13-6-7-16-27(23)34(29)2/h6-10,13-18H,3-5,11-12,19H2,1-2H3. The van der Waals surface area contributed by atoms with Crippen LogP contribution in [0.4, 0.5) is 0 Å². The number of fused-ring (bicyclic) bond motifs is 2. The third-order valence-corrected chi connectivity index (χ3v) is 7.11. The fraction of sp³-hybridized carbons (Fsp3) is 0.276. The molecule has 6 rings (SSSR count). The van der Waals surface area contributed by atoms with Crippen molar-refractivity contribution in [1.29, 1.82) is 0 Å². The average molecular weight is 448 g/mol. The van der Waals surface area contributed by atoms with E-state index in [-0.39, 0.29) is 0 Å². The maximum atomic E-state index is 5.04. The summed E-state index contributed by atoms with van der Waals surface area (Å²) in [4.78, 5) is 14.9. The van der Waals surface area contributed by atoms with Crippen LogP contribution in [-0.2, 0) is 20.6 Å². The minimum absolute atomic E-state index is 0.753. The molecule has 0 spiro atoms. The lowest BCUT2D eigenvalue weighted by atomic mass is 9.98. The number of imidazole rings is 1. The summed E-state index contributed by atoms with van der Waals surface area (Å²) >= 11 is 0. The van der Waals surface area contributed by atoms with Gasteiger partial charge in [0.05, 0.1) is 29.0 Å². The van der Waals surface area contributed by atoms with Gasteiger partial charge in [-0.25, -0.2) is 9.97 Å². The van der Waals surface area contributed by atoms with E-state index in [2.05, 4.69) is 65.7 Å². The number of para-hydroxylation sites is 2. The maximum Gasteiger partial charge on any atom is 0.159 e. The van der Waals surface area contributed by atoms with Gasteiger partial charge in [0.25, 0.3) is 0 Å². The Labute approximate surface area is 199 Å². The number of rotatable bonds is 4. The molecular formula is C29H29N5. The number of hydrogen-bond acceptors (Lipinski definition) is 3. The van der Waals surface area contributed by atoms with Crippen molar-refractivity contribution in [3.8, 4) is 22.9 Å². The largest absolute Gasteiger partial charge is 0.342 e. The highest BCUT2D eigenvalue weighted by atomic mass is 15.1. The van der Waals surface area contributed by atoms with Crippen LogP contribution < -0.4 is 0 Å². The maximum absolute atomic E-state index is 5.04. The molecule has 0 unspecified atom stereocenters. The molecule has 34 heavy (non-hydrogen) atoms. The Morgan fingerprint density at radius 2 is 1.53 bits per heavy atom. The molecule has 0 N–H and O–H groups in total. The Hall–Kier alpha value is -3.73. The van der Waals surface area contributed by atoms with Crippen molar-refractivity contribution in [2.24, 2.45) is 19.1 Å². The first-order valence-electron chi connectivity index (χ1n) is 12.2. The van der Waals surface area contributed by atoms with Gasteiger partial charge >= 0.3 is 0 Å². The Bertz CT molecular complexity index is 1530. The minimum atomic E-state index is 0.753. The zero-order chi connectivity index (χ0) is 23.1. The molecule has 0 amide bonds. The summed E-state index contributed by atoms with van der Waals surface area (Å²) in [5.41, 5.74) is 8.91. The highest BCUT2D eigenvalue weighted by Crippen LogP contribution is 2.31. The van der Waals surface area contributed by atoms with E-state index < -0.39 is 0 Å². The van der Waals surface area contributed by atoms with Crippen LogP contribution in [0.3, 0.4) is 0 Å². The summed E-state index contributed by atoms with van der Waals surface area (Å²) in [6.45, 7) is 0.753. The van der Waals surface area contributed by atoms with E-state index in [9.17, 15) is 0 Å². The first-order valence-corrected chi connectivity index (χ1v) is 12.2. The van der Waals surface area contributed by atoms with Gasteiger partial charge in [-0.15, -0.1) is 0 Å². The lowest BCUT2D eigenvalue weighted by molar-refractivity contribution is 0.663. The summed E-state index contributed by atoms with van der Waals surface area (Å²) in [5, 5.41) is 1.26. The van der Waals surface area contributed by atoms with Crippen LogP contribution in [0.15, 0.2) is 71.7 Å². The van der Waals surface area contributed by atoms with Crippen LogP contribution in [0, 0.1) is 0 Å². The van der Waals surface area contributed by atoms with E-state index in [0.29, 0.717) is 0 Å². The van der Waals surface area contributed by atoms with Crippen LogP contribution in [0.2, 0.25) is 0 Å². The van der Waals surface area contributed by atoms with Gasteiger partial charge in [0.15, 0.2) is 5.82 Å². The molecule has 5 heteroatoms. The number of benzene rings is 2. The van der Waals surface area contributed by atoms with Crippen molar-refractivity contribution >= 4 is 27.6 Å². The van der Waals surface area contributed by atoms with E-state index >= 15 is 0 Å². The zero-order valence-electron chi connectivity index (χ0n) is 19.8. The van der Waals surface area contributed by atoms with Crippen LogP contribution in [0.25, 0.3) is 44.8 Å². The van der Waals surface area contributed by atoms with Crippen LogP contribution in [-0.4, -0.2) is 24.8 Å². The molecule has 3 heterocycles. The predicted octanol–water partition coefficient (Wildman–Crippen LogP) is 6.70. The van der Waals surface area contributed by atoms with Gasteiger partial charge in [-0.1, -0.05) is 36.8 Å². The van der Waals surface area contributed by atoms with Crippen molar-refractivity contribution < 1.29 is 0 Å². The normalized spacial score (nSPS) is 14.2. The zero-order valence-corrected chi connectivity index (χ0v) is 19.8. The highest BCUT2D eigenvalue weighted by molar-refractivity contribution is 5.90. The monoisotopic (exact) mass is 447 g/mol. The first-order chi connectivity index (χ1) is 16.7. The lowest BCUT2D eigenvalue weighted by Crippen LogP contribution is -2.05. The summed E-state index contributed by atoms with van der Waals surface area (Å²) < 4.78 is 4.36. The summed E-state index contributed by atoms with van der Waals surface area (Å²) in [6.07, 6.45) is 6.24. The molecule has 1 aliphatic carbocycles. The molecule has 0 radical (unpaired) electrons. The molecule has 0 aliphatic heterocycles. The van der Waals surface area contributed by atoms with Crippen molar-refractivity contribution in [3.05, 3.63) is 72.3 Å². The fourth-order valence-corrected chi connectivity index (χ4v) is 5.20. The van der Waals surface area contributed by atoms with Crippen molar-refractivity contribution in [3.63, 3.8) is 0 Å². The number of hydrogen-bond donors (Lipinski definition) is 0. The molecule has 1 aliphatic rings. The quantitative estimate of drug-likeness (QED) is 0.308. The number of aromatic nitrogens is 4. The van der Waals surface area contributed by atoms with E-state index in [1.165, 1.54) is 41.4 Å². The summed E-state index contributed by atoms with van der Waals surface area (Å²) in [5.74, 6) is 0.880. The smallest absolute Gasteiger partial charge is 0.159 e. The number of aryl methyl sites for hydroxylation is 2. The number of nitrogens with zero attached hydrogens (tertiary/aromatic N) is 5. The predicted molar refractivity (Wildman–Crippen MR) is 140 cm³/mol. The van der Waals surface area contributed by atoms with Crippen LogP contribution in [0.5, 0.6) is 0 Å². The topological polar surface area (TPSA) is 48.0 Å². The SMILES string of the molecule is Cn1c(-c2cccc(-c3cc4c(CN=C5CCCCC5)cccc4n3C)n2)nc2ccccc21. The molecule has 5 aromatic rings.